The lowest BCUT2D eigenvalue weighted by atomic mass is 9.86. The number of hydrogen-bond donors (Lipinski definition) is 2. The number of rotatable bonds is 7. The SMILES string of the molecule is CC(C)(CCO)CNC(=O)COc1ccccc1C(C)(C)C. The summed E-state index contributed by atoms with van der Waals surface area (Å²) in [6.45, 7) is 11.0. The number of carbonyl (C=O) groups excluding carboxylic acids is 1. The maximum atomic E-state index is 11.9. The average molecular weight is 307 g/mol. The molecule has 124 valence electrons. The van der Waals surface area contributed by atoms with Crippen LogP contribution in [0.2, 0.25) is 0 Å². The normalized spacial score (nSPS) is 12.1. The number of amides is 1. The first-order valence-electron chi connectivity index (χ1n) is 7.75. The molecule has 0 saturated heterocycles. The van der Waals surface area contributed by atoms with Crippen LogP contribution in [0.15, 0.2) is 24.3 Å². The molecule has 0 spiro atoms. The standard InChI is InChI=1S/C18H29NO3/c1-17(2,3)14-8-6-7-9-15(14)22-12-16(21)19-13-18(4,5)10-11-20/h6-9,20H,10-13H2,1-5H3,(H,19,21). The number of aliphatic hydroxyl groups is 1. The van der Waals surface area contributed by atoms with Gasteiger partial charge in [0.05, 0.1) is 0 Å². The Morgan fingerprint density at radius 3 is 2.41 bits per heavy atom. The molecule has 22 heavy (non-hydrogen) atoms. The molecule has 0 atom stereocenters. The summed E-state index contributed by atoms with van der Waals surface area (Å²) in [7, 11) is 0. The Morgan fingerprint density at radius 2 is 1.82 bits per heavy atom. The lowest BCUT2D eigenvalue weighted by Crippen LogP contribution is -2.37. The van der Waals surface area contributed by atoms with Crippen LogP contribution in [0.1, 0.15) is 46.6 Å². The van der Waals surface area contributed by atoms with Crippen LogP contribution >= 0.6 is 0 Å². The molecule has 2 N–H and O–H groups in total. The highest BCUT2D eigenvalue weighted by Gasteiger charge is 2.20. The monoisotopic (exact) mass is 307 g/mol. The van der Waals surface area contributed by atoms with Crippen molar-refractivity contribution in [3.8, 4) is 5.75 Å². The molecule has 0 aromatic heterocycles. The predicted octanol–water partition coefficient (Wildman–Crippen LogP) is 2.89. The van der Waals surface area contributed by atoms with Crippen LogP contribution in [-0.2, 0) is 10.2 Å². The van der Waals surface area contributed by atoms with Gasteiger partial charge in [0.2, 0.25) is 0 Å². The third kappa shape index (κ3) is 6.06. The fourth-order valence-electron chi connectivity index (χ4n) is 2.14. The average Bonchev–Trinajstić information content (AvgIpc) is 2.42. The molecule has 0 bridgehead atoms. The predicted molar refractivity (Wildman–Crippen MR) is 89.1 cm³/mol. The summed E-state index contributed by atoms with van der Waals surface area (Å²) in [6.07, 6.45) is 0.654. The Morgan fingerprint density at radius 1 is 1.18 bits per heavy atom. The van der Waals surface area contributed by atoms with E-state index in [-0.39, 0.29) is 30.0 Å². The van der Waals surface area contributed by atoms with E-state index in [0.717, 1.165) is 11.3 Å². The second-order valence-electron chi connectivity index (χ2n) is 7.45. The van der Waals surface area contributed by atoms with E-state index in [0.29, 0.717) is 13.0 Å². The van der Waals surface area contributed by atoms with E-state index in [9.17, 15) is 4.79 Å². The Balaban J connectivity index is 2.55. The molecular formula is C18H29NO3. The molecule has 1 rings (SSSR count). The van der Waals surface area contributed by atoms with Crippen LogP contribution in [0.3, 0.4) is 0 Å². The fourth-order valence-corrected chi connectivity index (χ4v) is 2.14. The maximum Gasteiger partial charge on any atom is 0.257 e. The Labute approximate surface area is 133 Å². The van der Waals surface area contributed by atoms with Crippen LogP contribution in [-0.4, -0.2) is 30.8 Å². The molecule has 0 radical (unpaired) electrons. The van der Waals surface area contributed by atoms with E-state index in [1.165, 1.54) is 0 Å². The van der Waals surface area contributed by atoms with E-state index in [1.54, 1.807) is 0 Å². The number of benzene rings is 1. The lowest BCUT2D eigenvalue weighted by molar-refractivity contribution is -0.123. The summed E-state index contributed by atoms with van der Waals surface area (Å²) in [5.41, 5.74) is 0.938. The van der Waals surface area contributed by atoms with E-state index >= 15 is 0 Å². The largest absolute Gasteiger partial charge is 0.483 e. The molecule has 4 nitrogen and oxygen atoms in total. The van der Waals surface area contributed by atoms with Crippen molar-refractivity contribution in [2.45, 2.75) is 46.5 Å². The van der Waals surface area contributed by atoms with Crippen molar-refractivity contribution >= 4 is 5.91 Å². The van der Waals surface area contributed by atoms with Crippen molar-refractivity contribution in [1.29, 1.82) is 0 Å². The van der Waals surface area contributed by atoms with Crippen molar-refractivity contribution in [3.63, 3.8) is 0 Å². The molecule has 1 amide bonds. The van der Waals surface area contributed by atoms with Crippen molar-refractivity contribution in [1.82, 2.24) is 5.32 Å². The molecule has 0 unspecified atom stereocenters. The van der Waals surface area contributed by atoms with E-state index < -0.39 is 0 Å². The molecule has 0 aliphatic rings. The van der Waals surface area contributed by atoms with Gasteiger partial charge in [-0.2, -0.15) is 0 Å². The molecule has 0 heterocycles. The summed E-state index contributed by atoms with van der Waals surface area (Å²) in [5, 5.41) is 11.8. The third-order valence-corrected chi connectivity index (χ3v) is 3.61. The van der Waals surface area contributed by atoms with Gasteiger partial charge >= 0.3 is 0 Å². The summed E-state index contributed by atoms with van der Waals surface area (Å²) in [6, 6.07) is 7.80. The molecule has 1 aromatic carbocycles. The number of aliphatic hydroxyl groups excluding tert-OH is 1. The quantitative estimate of drug-likeness (QED) is 0.814. The molecule has 1 aromatic rings. The number of nitrogens with one attached hydrogen (secondary N) is 1. The molecule has 0 aliphatic carbocycles. The third-order valence-electron chi connectivity index (χ3n) is 3.61. The molecular weight excluding hydrogens is 278 g/mol. The topological polar surface area (TPSA) is 58.6 Å². The van der Waals surface area contributed by atoms with Gasteiger partial charge in [-0.05, 0) is 28.9 Å². The maximum absolute atomic E-state index is 11.9. The van der Waals surface area contributed by atoms with Crippen molar-refractivity contribution in [3.05, 3.63) is 29.8 Å². The smallest absolute Gasteiger partial charge is 0.257 e. The van der Waals surface area contributed by atoms with Crippen molar-refractivity contribution < 1.29 is 14.6 Å². The molecule has 0 fully saturated rings. The minimum absolute atomic E-state index is 0.00228. The number of ether oxygens (including phenoxy) is 1. The summed E-state index contributed by atoms with van der Waals surface area (Å²) < 4.78 is 5.69. The van der Waals surface area contributed by atoms with Gasteiger partial charge < -0.3 is 15.2 Å². The van der Waals surface area contributed by atoms with Gasteiger partial charge in [0.25, 0.3) is 5.91 Å². The van der Waals surface area contributed by atoms with Gasteiger partial charge in [-0.3, -0.25) is 4.79 Å². The van der Waals surface area contributed by atoms with E-state index in [2.05, 4.69) is 26.1 Å². The zero-order valence-corrected chi connectivity index (χ0v) is 14.4. The lowest BCUT2D eigenvalue weighted by Gasteiger charge is -2.24. The number of carbonyl (C=O) groups is 1. The number of para-hydroxylation sites is 1. The minimum atomic E-state index is -0.144. The highest BCUT2D eigenvalue weighted by molar-refractivity contribution is 5.77. The van der Waals surface area contributed by atoms with Crippen LogP contribution in [0.25, 0.3) is 0 Å². The first-order chi connectivity index (χ1) is 10.2. The van der Waals surface area contributed by atoms with Crippen molar-refractivity contribution in [2.75, 3.05) is 19.8 Å². The highest BCUT2D eigenvalue weighted by atomic mass is 16.5. The summed E-state index contributed by atoms with van der Waals surface area (Å²) in [5.74, 6) is 0.606. The van der Waals surface area contributed by atoms with Gasteiger partial charge in [-0.1, -0.05) is 52.8 Å². The first kappa shape index (κ1) is 18.5. The van der Waals surface area contributed by atoms with Crippen molar-refractivity contribution in [2.24, 2.45) is 5.41 Å². The zero-order valence-electron chi connectivity index (χ0n) is 14.4. The van der Waals surface area contributed by atoms with E-state index in [1.807, 2.05) is 38.1 Å². The Kier molecular flexibility index (Phi) is 6.42. The van der Waals surface area contributed by atoms with Crippen LogP contribution in [0.4, 0.5) is 0 Å². The fraction of sp³-hybridized carbons (Fsp3) is 0.611. The van der Waals surface area contributed by atoms with Gasteiger partial charge in [-0.25, -0.2) is 0 Å². The van der Waals surface area contributed by atoms with Gasteiger partial charge in [0.1, 0.15) is 5.75 Å². The highest BCUT2D eigenvalue weighted by Crippen LogP contribution is 2.30. The second-order valence-corrected chi connectivity index (χ2v) is 7.45. The van der Waals surface area contributed by atoms with Gasteiger partial charge in [0.15, 0.2) is 6.61 Å². The molecule has 4 heteroatoms. The molecule has 0 saturated carbocycles. The first-order valence-corrected chi connectivity index (χ1v) is 7.75. The Hall–Kier alpha value is -1.55. The van der Waals surface area contributed by atoms with Crippen LogP contribution in [0, 0.1) is 5.41 Å². The van der Waals surface area contributed by atoms with E-state index in [4.69, 9.17) is 9.84 Å². The second kappa shape index (κ2) is 7.63. The zero-order chi connectivity index (χ0) is 16.8. The molecule has 0 aliphatic heterocycles. The number of hydrogen-bond acceptors (Lipinski definition) is 3. The van der Waals surface area contributed by atoms with Gasteiger partial charge in [-0.15, -0.1) is 0 Å². The van der Waals surface area contributed by atoms with Gasteiger partial charge in [0, 0.05) is 13.2 Å². The minimum Gasteiger partial charge on any atom is -0.483 e. The summed E-state index contributed by atoms with van der Waals surface area (Å²) >= 11 is 0. The summed E-state index contributed by atoms with van der Waals surface area (Å²) in [4.78, 5) is 11.9. The van der Waals surface area contributed by atoms with Crippen LogP contribution < -0.4 is 10.1 Å². The Bertz CT molecular complexity index is 489. The van der Waals surface area contributed by atoms with Crippen LogP contribution in [0.5, 0.6) is 5.75 Å².